The van der Waals surface area contributed by atoms with Crippen molar-refractivity contribution in [3.63, 3.8) is 0 Å². The van der Waals surface area contributed by atoms with E-state index in [0.717, 1.165) is 17.7 Å². The Morgan fingerprint density at radius 2 is 1.84 bits per heavy atom. The molecule has 0 radical (unpaired) electrons. The van der Waals surface area contributed by atoms with E-state index in [1.807, 2.05) is 62.4 Å². The Hall–Kier alpha value is -2.59. The summed E-state index contributed by atoms with van der Waals surface area (Å²) in [6.45, 7) is 4.01. The third kappa shape index (κ3) is 3.74. The summed E-state index contributed by atoms with van der Waals surface area (Å²) in [5, 5.41) is 8.18. The molecule has 0 saturated heterocycles. The number of hydrogen-bond acceptors (Lipinski definition) is 2. The van der Waals surface area contributed by atoms with Crippen LogP contribution >= 0.6 is 11.6 Å². The number of rotatable bonds is 5. The minimum absolute atomic E-state index is 0.0854. The molecule has 0 saturated carbocycles. The number of carbonyl (C=O) groups is 1. The molecule has 0 aliphatic heterocycles. The Morgan fingerprint density at radius 3 is 2.52 bits per heavy atom. The van der Waals surface area contributed by atoms with Gasteiger partial charge in [0.2, 0.25) is 0 Å². The lowest BCUT2D eigenvalue weighted by Crippen LogP contribution is -2.33. The third-order valence-electron chi connectivity index (χ3n) is 4.08. The van der Waals surface area contributed by atoms with Crippen molar-refractivity contribution in [3.05, 3.63) is 71.4 Å². The number of carbonyl (C=O) groups excluding carboxylic acids is 1. The Bertz CT molecular complexity index is 874. The molecule has 3 rings (SSSR count). The molecule has 4 nitrogen and oxygen atoms in total. The predicted molar refractivity (Wildman–Crippen MR) is 101 cm³/mol. The van der Waals surface area contributed by atoms with Gasteiger partial charge >= 0.3 is 0 Å². The SMILES string of the molecule is CC[C@@H](C)NC(=O)c1cc(-c2ccccc2)nn1-c1ccccc1Cl. The van der Waals surface area contributed by atoms with Crippen LogP contribution < -0.4 is 5.32 Å². The van der Waals surface area contributed by atoms with E-state index in [0.29, 0.717) is 16.4 Å². The van der Waals surface area contributed by atoms with Crippen molar-refractivity contribution in [2.24, 2.45) is 0 Å². The van der Waals surface area contributed by atoms with Crippen LogP contribution in [0.3, 0.4) is 0 Å². The maximum atomic E-state index is 12.7. The highest BCUT2D eigenvalue weighted by Gasteiger charge is 2.19. The van der Waals surface area contributed by atoms with Gasteiger partial charge in [0, 0.05) is 11.6 Å². The predicted octanol–water partition coefficient (Wildman–Crippen LogP) is 4.72. The van der Waals surface area contributed by atoms with Crippen LogP contribution in [0, 0.1) is 0 Å². The van der Waals surface area contributed by atoms with Gasteiger partial charge in [-0.05, 0) is 31.5 Å². The molecule has 0 aliphatic rings. The molecular formula is C20H20ClN3O. The number of aromatic nitrogens is 2. The normalized spacial score (nSPS) is 12.0. The van der Waals surface area contributed by atoms with Crippen LogP contribution in [0.1, 0.15) is 30.8 Å². The molecule has 0 bridgehead atoms. The summed E-state index contributed by atoms with van der Waals surface area (Å²) in [5.41, 5.74) is 2.83. The number of nitrogens with one attached hydrogen (secondary N) is 1. The average molecular weight is 354 g/mol. The molecule has 1 N–H and O–H groups in total. The molecule has 3 aromatic rings. The van der Waals surface area contributed by atoms with Gasteiger partial charge in [-0.2, -0.15) is 5.10 Å². The minimum atomic E-state index is -0.163. The van der Waals surface area contributed by atoms with E-state index < -0.39 is 0 Å². The zero-order valence-electron chi connectivity index (χ0n) is 14.2. The topological polar surface area (TPSA) is 46.9 Å². The fourth-order valence-electron chi connectivity index (χ4n) is 2.50. The monoisotopic (exact) mass is 353 g/mol. The number of nitrogens with zero attached hydrogens (tertiary/aromatic N) is 2. The summed E-state index contributed by atoms with van der Waals surface area (Å²) in [4.78, 5) is 12.7. The first-order chi connectivity index (χ1) is 12.1. The van der Waals surface area contributed by atoms with Gasteiger partial charge in [-0.15, -0.1) is 0 Å². The van der Waals surface area contributed by atoms with Gasteiger partial charge in [0.25, 0.3) is 5.91 Å². The number of benzene rings is 2. The second-order valence-electron chi connectivity index (χ2n) is 5.93. The van der Waals surface area contributed by atoms with Gasteiger partial charge in [0.05, 0.1) is 16.4 Å². The number of para-hydroxylation sites is 1. The van der Waals surface area contributed by atoms with Crippen molar-refractivity contribution in [1.82, 2.24) is 15.1 Å². The van der Waals surface area contributed by atoms with Crippen LogP contribution in [0.5, 0.6) is 0 Å². The van der Waals surface area contributed by atoms with Gasteiger partial charge in [0.1, 0.15) is 5.69 Å². The molecular weight excluding hydrogens is 334 g/mol. The van der Waals surface area contributed by atoms with E-state index in [9.17, 15) is 4.79 Å². The first-order valence-electron chi connectivity index (χ1n) is 8.31. The van der Waals surface area contributed by atoms with Crippen LogP contribution in [-0.2, 0) is 0 Å². The largest absolute Gasteiger partial charge is 0.348 e. The lowest BCUT2D eigenvalue weighted by Gasteiger charge is -2.13. The summed E-state index contributed by atoms with van der Waals surface area (Å²) in [6, 6.07) is 19.0. The van der Waals surface area contributed by atoms with E-state index in [-0.39, 0.29) is 11.9 Å². The smallest absolute Gasteiger partial charge is 0.270 e. The highest BCUT2D eigenvalue weighted by molar-refractivity contribution is 6.32. The second kappa shape index (κ2) is 7.53. The summed E-state index contributed by atoms with van der Waals surface area (Å²) < 4.78 is 1.61. The van der Waals surface area contributed by atoms with Crippen LogP contribution in [0.15, 0.2) is 60.7 Å². The molecule has 0 aliphatic carbocycles. The van der Waals surface area contributed by atoms with Crippen LogP contribution in [0.4, 0.5) is 0 Å². The second-order valence-corrected chi connectivity index (χ2v) is 6.33. The zero-order valence-corrected chi connectivity index (χ0v) is 15.0. The molecule has 128 valence electrons. The fraction of sp³-hybridized carbons (Fsp3) is 0.200. The molecule has 1 heterocycles. The highest BCUT2D eigenvalue weighted by Crippen LogP contribution is 2.25. The van der Waals surface area contributed by atoms with Gasteiger partial charge in [-0.25, -0.2) is 4.68 Å². The molecule has 5 heteroatoms. The first-order valence-corrected chi connectivity index (χ1v) is 8.69. The first kappa shape index (κ1) is 17.2. The van der Waals surface area contributed by atoms with Crippen molar-refractivity contribution in [3.8, 4) is 16.9 Å². The quantitative estimate of drug-likeness (QED) is 0.721. The van der Waals surface area contributed by atoms with Crippen LogP contribution in [-0.4, -0.2) is 21.7 Å². The van der Waals surface area contributed by atoms with Crippen molar-refractivity contribution < 1.29 is 4.79 Å². The van der Waals surface area contributed by atoms with E-state index in [1.54, 1.807) is 16.8 Å². The maximum Gasteiger partial charge on any atom is 0.270 e. The number of amides is 1. The lowest BCUT2D eigenvalue weighted by atomic mass is 10.1. The van der Waals surface area contributed by atoms with Crippen molar-refractivity contribution in [2.75, 3.05) is 0 Å². The summed E-state index contributed by atoms with van der Waals surface area (Å²) in [7, 11) is 0. The molecule has 2 aromatic carbocycles. The van der Waals surface area contributed by atoms with Crippen molar-refractivity contribution in [1.29, 1.82) is 0 Å². The van der Waals surface area contributed by atoms with E-state index >= 15 is 0 Å². The van der Waals surface area contributed by atoms with Crippen molar-refractivity contribution in [2.45, 2.75) is 26.3 Å². The number of halogens is 1. The molecule has 1 amide bonds. The lowest BCUT2D eigenvalue weighted by molar-refractivity contribution is 0.0931. The Morgan fingerprint density at radius 1 is 1.16 bits per heavy atom. The van der Waals surface area contributed by atoms with E-state index in [4.69, 9.17) is 11.6 Å². The Kier molecular flexibility index (Phi) is 5.19. The zero-order chi connectivity index (χ0) is 17.8. The third-order valence-corrected chi connectivity index (χ3v) is 4.40. The molecule has 1 aromatic heterocycles. The van der Waals surface area contributed by atoms with Crippen LogP contribution in [0.25, 0.3) is 16.9 Å². The maximum absolute atomic E-state index is 12.7. The van der Waals surface area contributed by atoms with Crippen LogP contribution in [0.2, 0.25) is 5.02 Å². The van der Waals surface area contributed by atoms with Crippen molar-refractivity contribution >= 4 is 17.5 Å². The Balaban J connectivity index is 2.10. The summed E-state index contributed by atoms with van der Waals surface area (Å²) in [5.74, 6) is -0.163. The van der Waals surface area contributed by atoms with E-state index in [1.165, 1.54) is 0 Å². The molecule has 1 atom stereocenters. The van der Waals surface area contributed by atoms with Gasteiger partial charge in [-0.1, -0.05) is 61.0 Å². The standard InChI is InChI=1S/C20H20ClN3O/c1-3-14(2)22-20(25)19-13-17(15-9-5-4-6-10-15)23-24(19)18-12-8-7-11-16(18)21/h4-14H,3H2,1-2H3,(H,22,25)/t14-/m1/s1. The summed E-state index contributed by atoms with van der Waals surface area (Å²) in [6.07, 6.45) is 0.859. The summed E-state index contributed by atoms with van der Waals surface area (Å²) >= 11 is 6.33. The molecule has 0 unspecified atom stereocenters. The molecule has 0 spiro atoms. The fourth-order valence-corrected chi connectivity index (χ4v) is 2.72. The Labute approximate surface area is 152 Å². The van der Waals surface area contributed by atoms with Gasteiger partial charge in [-0.3, -0.25) is 4.79 Å². The van der Waals surface area contributed by atoms with Gasteiger partial charge < -0.3 is 5.32 Å². The minimum Gasteiger partial charge on any atom is -0.348 e. The van der Waals surface area contributed by atoms with E-state index in [2.05, 4.69) is 10.4 Å². The molecule has 25 heavy (non-hydrogen) atoms. The number of hydrogen-bond donors (Lipinski definition) is 1. The molecule has 0 fully saturated rings. The van der Waals surface area contributed by atoms with Gasteiger partial charge in [0.15, 0.2) is 0 Å². The highest BCUT2D eigenvalue weighted by atomic mass is 35.5. The average Bonchev–Trinajstić information content (AvgIpc) is 3.08.